The van der Waals surface area contributed by atoms with Gasteiger partial charge in [0.1, 0.15) is 11.9 Å². The van der Waals surface area contributed by atoms with Crippen LogP contribution in [0.4, 0.5) is 20.3 Å². The van der Waals surface area contributed by atoms with Gasteiger partial charge in [0, 0.05) is 69.2 Å². The molecule has 1 aliphatic rings. The summed E-state index contributed by atoms with van der Waals surface area (Å²) in [5.74, 6) is -2.23. The first-order valence-electron chi connectivity index (χ1n) is 12.9. The van der Waals surface area contributed by atoms with Crippen LogP contribution in [0, 0.1) is 18.6 Å². The van der Waals surface area contributed by atoms with Crippen molar-refractivity contribution >= 4 is 28.3 Å². The highest BCUT2D eigenvalue weighted by Gasteiger charge is 2.26. The van der Waals surface area contributed by atoms with Crippen LogP contribution in [-0.4, -0.2) is 70.4 Å². The van der Waals surface area contributed by atoms with Gasteiger partial charge in [0.2, 0.25) is 5.88 Å². The molecule has 9 nitrogen and oxygen atoms in total. The van der Waals surface area contributed by atoms with E-state index in [-0.39, 0.29) is 33.9 Å². The summed E-state index contributed by atoms with van der Waals surface area (Å²) in [6, 6.07) is 10.3. The Kier molecular flexibility index (Phi) is 7.71. The number of carbonyl (C=O) groups is 1. The standard InChI is InChI=1S/C28H31F2N7O2/c1-4-36(3)28(38)23-26(35-19-7-5-18(6-8-19)15-37-11-9-31-10-12-37)32-16-33-27(23)39-22-14-21(29)25-20(24(22)30)13-17(2)34-25/h5-8,13-14,16,31,34H,4,9-12,15H2,1-3H3,(H,32,33,35). The fourth-order valence-electron chi connectivity index (χ4n) is 4.54. The molecule has 3 N–H and O–H groups in total. The fourth-order valence-corrected chi connectivity index (χ4v) is 4.54. The molecule has 11 heteroatoms. The topological polar surface area (TPSA) is 98.4 Å². The lowest BCUT2D eigenvalue weighted by atomic mass is 10.1. The summed E-state index contributed by atoms with van der Waals surface area (Å²) in [5, 5.41) is 6.58. The van der Waals surface area contributed by atoms with E-state index in [1.807, 2.05) is 31.2 Å². The molecule has 1 amide bonds. The number of aromatic amines is 1. The molecular formula is C28H31F2N7O2. The van der Waals surface area contributed by atoms with Gasteiger partial charge in [-0.2, -0.15) is 0 Å². The zero-order valence-corrected chi connectivity index (χ0v) is 22.1. The average Bonchev–Trinajstić information content (AvgIpc) is 3.35. The van der Waals surface area contributed by atoms with Crippen LogP contribution < -0.4 is 15.4 Å². The van der Waals surface area contributed by atoms with Crippen LogP contribution in [0.5, 0.6) is 11.6 Å². The zero-order valence-electron chi connectivity index (χ0n) is 22.1. The Morgan fingerprint density at radius 3 is 2.62 bits per heavy atom. The van der Waals surface area contributed by atoms with Crippen molar-refractivity contribution in [2.75, 3.05) is 45.1 Å². The lowest BCUT2D eigenvalue weighted by Crippen LogP contribution is -2.42. The number of nitrogens with one attached hydrogen (secondary N) is 3. The number of aromatic nitrogens is 3. The second kappa shape index (κ2) is 11.3. The molecule has 39 heavy (non-hydrogen) atoms. The molecule has 2 aromatic heterocycles. The quantitative estimate of drug-likeness (QED) is 0.304. The van der Waals surface area contributed by atoms with Crippen molar-refractivity contribution in [1.82, 2.24) is 30.1 Å². The van der Waals surface area contributed by atoms with E-state index < -0.39 is 17.5 Å². The molecule has 204 valence electrons. The largest absolute Gasteiger partial charge is 0.435 e. The van der Waals surface area contributed by atoms with Crippen molar-refractivity contribution in [3.63, 3.8) is 0 Å². The lowest BCUT2D eigenvalue weighted by molar-refractivity contribution is 0.0799. The molecule has 1 fully saturated rings. The van der Waals surface area contributed by atoms with Gasteiger partial charge in [-0.15, -0.1) is 0 Å². The van der Waals surface area contributed by atoms with Crippen LogP contribution in [-0.2, 0) is 6.54 Å². The summed E-state index contributed by atoms with van der Waals surface area (Å²) in [6.07, 6.45) is 1.21. The van der Waals surface area contributed by atoms with Crippen LogP contribution in [0.3, 0.4) is 0 Å². The Morgan fingerprint density at radius 2 is 1.90 bits per heavy atom. The number of hydrogen-bond acceptors (Lipinski definition) is 7. The van der Waals surface area contributed by atoms with Crippen molar-refractivity contribution in [2.45, 2.75) is 20.4 Å². The van der Waals surface area contributed by atoms with Crippen LogP contribution in [0.2, 0.25) is 0 Å². The van der Waals surface area contributed by atoms with E-state index in [1.165, 1.54) is 22.9 Å². The second-order valence-electron chi connectivity index (χ2n) is 9.58. The maximum Gasteiger partial charge on any atom is 0.262 e. The van der Waals surface area contributed by atoms with Gasteiger partial charge in [-0.05, 0) is 37.6 Å². The number of carbonyl (C=O) groups excluding carboxylic acids is 1. The summed E-state index contributed by atoms with van der Waals surface area (Å²) >= 11 is 0. The van der Waals surface area contributed by atoms with E-state index in [0.717, 1.165) is 38.8 Å². The van der Waals surface area contributed by atoms with Crippen molar-refractivity contribution < 1.29 is 18.3 Å². The fraction of sp³-hybridized carbons (Fsp3) is 0.321. The number of nitrogens with zero attached hydrogens (tertiary/aromatic N) is 4. The molecule has 0 saturated carbocycles. The summed E-state index contributed by atoms with van der Waals surface area (Å²) in [4.78, 5) is 28.4. The van der Waals surface area contributed by atoms with E-state index in [9.17, 15) is 9.18 Å². The van der Waals surface area contributed by atoms with Gasteiger partial charge in [0.05, 0.1) is 5.52 Å². The normalized spacial score (nSPS) is 14.0. The van der Waals surface area contributed by atoms with Gasteiger partial charge in [0.15, 0.2) is 23.2 Å². The third-order valence-electron chi connectivity index (χ3n) is 6.79. The zero-order chi connectivity index (χ0) is 27.5. The van der Waals surface area contributed by atoms with Crippen LogP contribution in [0.1, 0.15) is 28.5 Å². The molecule has 0 bridgehead atoms. The number of H-pyrrole nitrogens is 1. The molecule has 1 aliphatic heterocycles. The summed E-state index contributed by atoms with van der Waals surface area (Å²) in [6.45, 7) is 8.76. The third-order valence-corrected chi connectivity index (χ3v) is 6.79. The van der Waals surface area contributed by atoms with E-state index in [1.54, 1.807) is 14.0 Å². The molecule has 0 spiro atoms. The van der Waals surface area contributed by atoms with Gasteiger partial charge < -0.3 is 25.3 Å². The molecule has 0 unspecified atom stereocenters. The maximum atomic E-state index is 15.3. The van der Waals surface area contributed by atoms with E-state index >= 15 is 4.39 Å². The highest BCUT2D eigenvalue weighted by molar-refractivity contribution is 6.01. The molecule has 4 aromatic rings. The van der Waals surface area contributed by atoms with E-state index in [0.29, 0.717) is 17.9 Å². The second-order valence-corrected chi connectivity index (χ2v) is 9.58. The molecule has 0 atom stereocenters. The first-order chi connectivity index (χ1) is 18.8. The summed E-state index contributed by atoms with van der Waals surface area (Å²) < 4.78 is 35.8. The predicted octanol–water partition coefficient (Wildman–Crippen LogP) is 4.58. The number of aryl methyl sites for hydroxylation is 1. The maximum absolute atomic E-state index is 15.3. The Hall–Kier alpha value is -4.09. The van der Waals surface area contributed by atoms with Gasteiger partial charge in [-0.25, -0.2) is 18.7 Å². The number of fused-ring (bicyclic) bond motifs is 1. The lowest BCUT2D eigenvalue weighted by Gasteiger charge is -2.27. The minimum absolute atomic E-state index is 0.0110. The predicted molar refractivity (Wildman–Crippen MR) is 146 cm³/mol. The van der Waals surface area contributed by atoms with Gasteiger partial charge in [0.25, 0.3) is 5.91 Å². The number of piperazine rings is 1. The summed E-state index contributed by atoms with van der Waals surface area (Å²) in [7, 11) is 1.63. The Morgan fingerprint density at radius 1 is 1.15 bits per heavy atom. The molecule has 1 saturated heterocycles. The molecule has 2 aromatic carbocycles. The van der Waals surface area contributed by atoms with Gasteiger partial charge >= 0.3 is 0 Å². The SMILES string of the molecule is CCN(C)C(=O)c1c(Nc2ccc(CN3CCNCC3)cc2)ncnc1Oc1cc(F)c2[nH]c(C)cc2c1F. The van der Waals surface area contributed by atoms with Crippen LogP contribution >= 0.6 is 0 Å². The van der Waals surface area contributed by atoms with E-state index in [2.05, 4.69) is 30.5 Å². The smallest absolute Gasteiger partial charge is 0.262 e. The number of rotatable bonds is 8. The van der Waals surface area contributed by atoms with Crippen LogP contribution in [0.25, 0.3) is 10.9 Å². The first kappa shape index (κ1) is 26.5. The van der Waals surface area contributed by atoms with Crippen molar-refractivity contribution in [3.8, 4) is 11.6 Å². The molecular weight excluding hydrogens is 504 g/mol. The highest BCUT2D eigenvalue weighted by Crippen LogP contribution is 2.35. The number of benzene rings is 2. The number of ether oxygens (including phenoxy) is 1. The molecule has 3 heterocycles. The number of hydrogen-bond donors (Lipinski definition) is 3. The monoisotopic (exact) mass is 535 g/mol. The van der Waals surface area contributed by atoms with Crippen molar-refractivity contribution in [2.24, 2.45) is 0 Å². The Bertz CT molecular complexity index is 1480. The molecule has 0 aliphatic carbocycles. The first-order valence-corrected chi connectivity index (χ1v) is 12.9. The van der Waals surface area contributed by atoms with Crippen LogP contribution in [0.15, 0.2) is 42.7 Å². The van der Waals surface area contributed by atoms with Gasteiger partial charge in [-0.3, -0.25) is 9.69 Å². The molecule has 0 radical (unpaired) electrons. The minimum Gasteiger partial charge on any atom is -0.435 e. The van der Waals surface area contributed by atoms with Crippen molar-refractivity contribution in [3.05, 3.63) is 71.2 Å². The summed E-state index contributed by atoms with van der Waals surface area (Å²) in [5.41, 5.74) is 2.54. The number of halogens is 2. The Labute approximate surface area is 225 Å². The van der Waals surface area contributed by atoms with E-state index in [4.69, 9.17) is 4.74 Å². The van der Waals surface area contributed by atoms with Crippen molar-refractivity contribution in [1.29, 1.82) is 0 Å². The average molecular weight is 536 g/mol. The van der Waals surface area contributed by atoms with Gasteiger partial charge in [-0.1, -0.05) is 12.1 Å². The Balaban J connectivity index is 1.45. The highest BCUT2D eigenvalue weighted by atomic mass is 19.1. The minimum atomic E-state index is -0.758. The third kappa shape index (κ3) is 5.69. The molecule has 5 rings (SSSR count). The number of amides is 1. The number of anilines is 2.